The molecule has 0 aliphatic carbocycles. The number of pyridine rings is 1. The van der Waals surface area contributed by atoms with Crippen LogP contribution in [0.3, 0.4) is 0 Å². The van der Waals surface area contributed by atoms with Gasteiger partial charge in [-0.3, -0.25) is 9.78 Å². The highest BCUT2D eigenvalue weighted by Gasteiger charge is 2.14. The van der Waals surface area contributed by atoms with E-state index in [9.17, 15) is 4.79 Å². The summed E-state index contributed by atoms with van der Waals surface area (Å²) in [5.74, 6) is -0.0179. The van der Waals surface area contributed by atoms with Gasteiger partial charge in [-0.2, -0.15) is 0 Å². The number of hydrogen-bond donors (Lipinski definition) is 1. The average Bonchev–Trinajstić information content (AvgIpc) is 2.87. The standard InChI is InChI=1S/C17H15BrN2O2/c1-9-6-10(2)16-12(7-9)13(8-11(3)19-16)20-17(21)14-4-5-15(18)22-14/h4-8H,1-3H3,(H,19,20,21). The number of rotatable bonds is 2. The highest BCUT2D eigenvalue weighted by atomic mass is 79.9. The second kappa shape index (κ2) is 5.57. The highest BCUT2D eigenvalue weighted by Crippen LogP contribution is 2.27. The number of amides is 1. The van der Waals surface area contributed by atoms with E-state index >= 15 is 0 Å². The molecule has 4 nitrogen and oxygen atoms in total. The van der Waals surface area contributed by atoms with Crippen molar-refractivity contribution in [2.45, 2.75) is 20.8 Å². The first-order valence-corrected chi connectivity index (χ1v) is 7.68. The van der Waals surface area contributed by atoms with E-state index in [2.05, 4.69) is 32.3 Å². The van der Waals surface area contributed by atoms with Crippen LogP contribution in [-0.4, -0.2) is 10.9 Å². The van der Waals surface area contributed by atoms with Crippen LogP contribution in [0.1, 0.15) is 27.4 Å². The summed E-state index contributed by atoms with van der Waals surface area (Å²) in [5.41, 5.74) is 4.73. The van der Waals surface area contributed by atoms with Gasteiger partial charge in [0.2, 0.25) is 0 Å². The number of anilines is 1. The summed E-state index contributed by atoms with van der Waals surface area (Å²) in [4.78, 5) is 16.9. The number of hydrogen-bond acceptors (Lipinski definition) is 3. The minimum absolute atomic E-state index is 0.263. The van der Waals surface area contributed by atoms with Crippen LogP contribution < -0.4 is 5.32 Å². The molecule has 0 aliphatic rings. The van der Waals surface area contributed by atoms with Crippen LogP contribution >= 0.6 is 15.9 Å². The molecule has 0 radical (unpaired) electrons. The van der Waals surface area contributed by atoms with Gasteiger partial charge >= 0.3 is 0 Å². The van der Waals surface area contributed by atoms with Gasteiger partial charge in [-0.25, -0.2) is 0 Å². The van der Waals surface area contributed by atoms with E-state index in [1.54, 1.807) is 12.1 Å². The van der Waals surface area contributed by atoms with Crippen LogP contribution in [0.5, 0.6) is 0 Å². The Kier molecular flexibility index (Phi) is 3.74. The number of furan rings is 1. The predicted octanol–water partition coefficient (Wildman–Crippen LogP) is 4.77. The van der Waals surface area contributed by atoms with E-state index in [0.29, 0.717) is 4.67 Å². The molecule has 2 heterocycles. The smallest absolute Gasteiger partial charge is 0.291 e. The Labute approximate surface area is 136 Å². The molecule has 5 heteroatoms. The fourth-order valence-corrected chi connectivity index (χ4v) is 2.84. The number of nitrogens with one attached hydrogen (secondary N) is 1. The summed E-state index contributed by atoms with van der Waals surface area (Å²) in [6.45, 7) is 5.97. The fraction of sp³-hybridized carbons (Fsp3) is 0.176. The Morgan fingerprint density at radius 3 is 2.64 bits per heavy atom. The number of carbonyl (C=O) groups excluding carboxylic acids is 1. The molecule has 0 atom stereocenters. The molecule has 112 valence electrons. The average molecular weight is 359 g/mol. The normalized spacial score (nSPS) is 10.9. The van der Waals surface area contributed by atoms with Crippen molar-refractivity contribution in [1.82, 2.24) is 4.98 Å². The van der Waals surface area contributed by atoms with Crippen molar-refractivity contribution in [2.75, 3.05) is 5.32 Å². The molecule has 0 spiro atoms. The quantitative estimate of drug-likeness (QED) is 0.717. The van der Waals surface area contributed by atoms with Gasteiger partial charge in [0.1, 0.15) is 0 Å². The summed E-state index contributed by atoms with van der Waals surface area (Å²) in [6.07, 6.45) is 0. The van der Waals surface area contributed by atoms with Crippen molar-refractivity contribution >= 4 is 38.4 Å². The van der Waals surface area contributed by atoms with E-state index < -0.39 is 0 Å². The molecule has 3 aromatic rings. The maximum Gasteiger partial charge on any atom is 0.291 e. The van der Waals surface area contributed by atoms with E-state index in [0.717, 1.165) is 33.4 Å². The first-order valence-electron chi connectivity index (χ1n) is 6.89. The largest absolute Gasteiger partial charge is 0.444 e. The zero-order valence-electron chi connectivity index (χ0n) is 12.5. The van der Waals surface area contributed by atoms with Gasteiger partial charge in [-0.1, -0.05) is 11.6 Å². The number of fused-ring (bicyclic) bond motifs is 1. The molecule has 0 saturated heterocycles. The van der Waals surface area contributed by atoms with Gasteiger partial charge < -0.3 is 9.73 Å². The van der Waals surface area contributed by atoms with Gasteiger partial charge in [-0.05, 0) is 66.5 Å². The third kappa shape index (κ3) is 2.76. The molecule has 1 amide bonds. The van der Waals surface area contributed by atoms with Crippen molar-refractivity contribution in [1.29, 1.82) is 0 Å². The van der Waals surface area contributed by atoms with E-state index in [1.807, 2.05) is 32.9 Å². The van der Waals surface area contributed by atoms with Gasteiger partial charge in [0.05, 0.1) is 11.2 Å². The Balaban J connectivity index is 2.08. The minimum atomic E-state index is -0.281. The molecule has 3 rings (SSSR count). The minimum Gasteiger partial charge on any atom is -0.444 e. The molecule has 1 aromatic carbocycles. The van der Waals surface area contributed by atoms with Crippen molar-refractivity contribution < 1.29 is 9.21 Å². The number of carbonyl (C=O) groups is 1. The van der Waals surface area contributed by atoms with Crippen molar-refractivity contribution in [3.05, 3.63) is 57.6 Å². The lowest BCUT2D eigenvalue weighted by Gasteiger charge is -2.11. The zero-order chi connectivity index (χ0) is 15.9. The van der Waals surface area contributed by atoms with E-state index in [-0.39, 0.29) is 11.7 Å². The summed E-state index contributed by atoms with van der Waals surface area (Å²) >= 11 is 3.20. The topological polar surface area (TPSA) is 55.1 Å². The van der Waals surface area contributed by atoms with Gasteiger partial charge in [-0.15, -0.1) is 0 Å². The van der Waals surface area contributed by atoms with Crippen LogP contribution in [-0.2, 0) is 0 Å². The lowest BCUT2D eigenvalue weighted by Crippen LogP contribution is -2.11. The van der Waals surface area contributed by atoms with Crippen molar-refractivity contribution in [3.8, 4) is 0 Å². The maximum absolute atomic E-state index is 12.3. The Morgan fingerprint density at radius 1 is 1.18 bits per heavy atom. The Bertz CT molecular complexity index is 884. The van der Waals surface area contributed by atoms with Crippen molar-refractivity contribution in [2.24, 2.45) is 0 Å². The van der Waals surface area contributed by atoms with Gasteiger partial charge in [0.25, 0.3) is 5.91 Å². The first kappa shape index (κ1) is 14.8. The number of aromatic nitrogens is 1. The summed E-state index contributed by atoms with van der Waals surface area (Å²) in [6, 6.07) is 9.31. The monoisotopic (exact) mass is 358 g/mol. The van der Waals surface area contributed by atoms with E-state index in [4.69, 9.17) is 4.42 Å². The summed E-state index contributed by atoms with van der Waals surface area (Å²) < 4.78 is 5.82. The summed E-state index contributed by atoms with van der Waals surface area (Å²) in [5, 5.41) is 3.85. The molecule has 1 N–H and O–H groups in total. The maximum atomic E-state index is 12.3. The second-order valence-corrected chi connectivity index (χ2v) is 6.13. The molecule has 0 bridgehead atoms. The Hall–Kier alpha value is -2.14. The first-order chi connectivity index (χ1) is 10.4. The number of aryl methyl sites for hydroxylation is 3. The van der Waals surface area contributed by atoms with Crippen LogP contribution in [0.4, 0.5) is 5.69 Å². The van der Waals surface area contributed by atoms with Crippen LogP contribution in [0, 0.1) is 20.8 Å². The highest BCUT2D eigenvalue weighted by molar-refractivity contribution is 9.10. The van der Waals surface area contributed by atoms with Gasteiger partial charge in [0.15, 0.2) is 10.4 Å². The third-order valence-corrected chi connectivity index (χ3v) is 3.85. The fourth-order valence-electron chi connectivity index (χ4n) is 2.53. The lowest BCUT2D eigenvalue weighted by molar-refractivity contribution is 0.0995. The van der Waals surface area contributed by atoms with E-state index in [1.165, 1.54) is 0 Å². The Morgan fingerprint density at radius 2 is 1.95 bits per heavy atom. The van der Waals surface area contributed by atoms with Gasteiger partial charge in [0, 0.05) is 11.1 Å². The second-order valence-electron chi connectivity index (χ2n) is 5.35. The number of halogens is 1. The predicted molar refractivity (Wildman–Crippen MR) is 90.3 cm³/mol. The summed E-state index contributed by atoms with van der Waals surface area (Å²) in [7, 11) is 0. The molecular weight excluding hydrogens is 344 g/mol. The SMILES string of the molecule is Cc1cc(C)c2nc(C)cc(NC(=O)c3ccc(Br)o3)c2c1. The van der Waals surface area contributed by atoms with Crippen LogP contribution in [0.15, 0.2) is 39.4 Å². The lowest BCUT2D eigenvalue weighted by atomic mass is 10.0. The van der Waals surface area contributed by atoms with Crippen LogP contribution in [0.2, 0.25) is 0 Å². The van der Waals surface area contributed by atoms with Crippen molar-refractivity contribution in [3.63, 3.8) is 0 Å². The third-order valence-electron chi connectivity index (χ3n) is 3.42. The molecule has 0 aliphatic heterocycles. The molecule has 0 saturated carbocycles. The number of nitrogens with zero attached hydrogens (tertiary/aromatic N) is 1. The molecule has 2 aromatic heterocycles. The molecule has 0 unspecified atom stereocenters. The van der Waals surface area contributed by atoms with Crippen LogP contribution in [0.25, 0.3) is 10.9 Å². The molecule has 0 fully saturated rings. The zero-order valence-corrected chi connectivity index (χ0v) is 14.1. The molecular formula is C17H15BrN2O2. The molecule has 22 heavy (non-hydrogen) atoms. The number of benzene rings is 1.